The number of aromatic amines is 1. The number of imidazole rings is 1. The van der Waals surface area contributed by atoms with Crippen LogP contribution in [-0.4, -0.2) is 21.7 Å². The molecule has 0 aliphatic heterocycles. The number of ether oxygens (including phenoxy) is 1. The van der Waals surface area contributed by atoms with Crippen LogP contribution in [0.4, 0.5) is 4.79 Å². The van der Waals surface area contributed by atoms with E-state index in [9.17, 15) is 4.79 Å². The van der Waals surface area contributed by atoms with Crippen molar-refractivity contribution in [1.29, 1.82) is 0 Å². The molecular formula is C16H21N3O2. The highest BCUT2D eigenvalue weighted by Crippen LogP contribution is 2.16. The van der Waals surface area contributed by atoms with Crippen molar-refractivity contribution in [2.75, 3.05) is 0 Å². The lowest BCUT2D eigenvalue weighted by Gasteiger charge is -2.23. The zero-order valence-corrected chi connectivity index (χ0v) is 12.6. The van der Waals surface area contributed by atoms with Crippen molar-refractivity contribution < 1.29 is 9.53 Å². The highest BCUT2D eigenvalue weighted by molar-refractivity contribution is 5.68. The molecule has 0 spiro atoms. The molecule has 2 N–H and O–H groups in total. The average Bonchev–Trinajstić information content (AvgIpc) is 2.90. The molecule has 112 valence electrons. The standard InChI is InChI=1S/C16H21N3O2/c1-16(2,3)21-15(20)19-13(14-17-9-10-18-14)11-12-7-5-4-6-8-12/h4-10,13H,11H2,1-3H3,(H,17,18)(H,19,20)/t13-/m0/s1. The van der Waals surface area contributed by atoms with Crippen LogP contribution in [0.3, 0.4) is 0 Å². The molecule has 0 saturated carbocycles. The van der Waals surface area contributed by atoms with Gasteiger partial charge in [-0.25, -0.2) is 9.78 Å². The molecule has 2 rings (SSSR count). The summed E-state index contributed by atoms with van der Waals surface area (Å²) in [7, 11) is 0. The molecule has 21 heavy (non-hydrogen) atoms. The van der Waals surface area contributed by atoms with Crippen LogP contribution in [0.25, 0.3) is 0 Å². The van der Waals surface area contributed by atoms with Gasteiger partial charge < -0.3 is 15.0 Å². The SMILES string of the molecule is CC(C)(C)OC(=O)N[C@@H](Cc1ccccc1)c1ncc[nH]1. The fraction of sp³-hybridized carbons (Fsp3) is 0.375. The van der Waals surface area contributed by atoms with Crippen LogP contribution in [0.15, 0.2) is 42.7 Å². The Morgan fingerprint density at radius 2 is 2.05 bits per heavy atom. The third-order valence-electron chi connectivity index (χ3n) is 2.82. The van der Waals surface area contributed by atoms with Crippen molar-refractivity contribution in [3.63, 3.8) is 0 Å². The first kappa shape index (κ1) is 15.1. The largest absolute Gasteiger partial charge is 0.444 e. The summed E-state index contributed by atoms with van der Waals surface area (Å²) in [6, 6.07) is 9.70. The number of nitrogens with one attached hydrogen (secondary N) is 2. The van der Waals surface area contributed by atoms with Crippen molar-refractivity contribution in [3.8, 4) is 0 Å². The van der Waals surface area contributed by atoms with Crippen LogP contribution in [0, 0.1) is 0 Å². The summed E-state index contributed by atoms with van der Waals surface area (Å²) >= 11 is 0. The molecule has 0 aliphatic rings. The molecule has 0 bridgehead atoms. The number of H-pyrrole nitrogens is 1. The number of nitrogens with zero attached hydrogens (tertiary/aromatic N) is 1. The number of carbonyl (C=O) groups is 1. The smallest absolute Gasteiger partial charge is 0.408 e. The predicted octanol–water partition coefficient (Wildman–Crippen LogP) is 3.22. The van der Waals surface area contributed by atoms with Crippen molar-refractivity contribution in [2.24, 2.45) is 0 Å². The van der Waals surface area contributed by atoms with Gasteiger partial charge >= 0.3 is 6.09 Å². The molecule has 1 amide bonds. The molecule has 0 aliphatic carbocycles. The Balaban J connectivity index is 2.08. The van der Waals surface area contributed by atoms with E-state index in [-0.39, 0.29) is 6.04 Å². The van der Waals surface area contributed by atoms with E-state index in [2.05, 4.69) is 15.3 Å². The molecule has 5 heteroatoms. The van der Waals surface area contributed by atoms with E-state index in [1.54, 1.807) is 12.4 Å². The summed E-state index contributed by atoms with van der Waals surface area (Å²) < 4.78 is 5.31. The number of aromatic nitrogens is 2. The van der Waals surface area contributed by atoms with E-state index in [1.807, 2.05) is 51.1 Å². The second-order valence-corrected chi connectivity index (χ2v) is 5.86. The Kier molecular flexibility index (Phi) is 4.62. The first-order valence-electron chi connectivity index (χ1n) is 6.97. The number of hydrogen-bond donors (Lipinski definition) is 2. The summed E-state index contributed by atoms with van der Waals surface area (Å²) in [5.74, 6) is 0.713. The maximum absolute atomic E-state index is 12.0. The van der Waals surface area contributed by atoms with E-state index in [4.69, 9.17) is 4.74 Å². The van der Waals surface area contributed by atoms with E-state index in [1.165, 1.54) is 0 Å². The minimum atomic E-state index is -0.523. The third-order valence-corrected chi connectivity index (χ3v) is 2.82. The predicted molar refractivity (Wildman–Crippen MR) is 80.8 cm³/mol. The van der Waals surface area contributed by atoms with E-state index < -0.39 is 11.7 Å². The van der Waals surface area contributed by atoms with Gasteiger partial charge in [0.15, 0.2) is 0 Å². The summed E-state index contributed by atoms with van der Waals surface area (Å²) in [5.41, 5.74) is 0.597. The van der Waals surface area contributed by atoms with Crippen molar-refractivity contribution >= 4 is 6.09 Å². The first-order valence-corrected chi connectivity index (χ1v) is 6.97. The Labute approximate surface area is 124 Å². The van der Waals surface area contributed by atoms with Crippen molar-refractivity contribution in [2.45, 2.75) is 38.8 Å². The fourth-order valence-electron chi connectivity index (χ4n) is 1.98. The van der Waals surface area contributed by atoms with E-state index in [0.717, 1.165) is 5.56 Å². The molecule has 0 saturated heterocycles. The van der Waals surface area contributed by atoms with Gasteiger partial charge in [0.05, 0.1) is 6.04 Å². The molecule has 1 aromatic heterocycles. The number of hydrogen-bond acceptors (Lipinski definition) is 3. The van der Waals surface area contributed by atoms with Gasteiger partial charge in [-0.2, -0.15) is 0 Å². The minimum absolute atomic E-state index is 0.253. The molecule has 5 nitrogen and oxygen atoms in total. The van der Waals surface area contributed by atoms with Gasteiger partial charge in [0.25, 0.3) is 0 Å². The van der Waals surface area contributed by atoms with Gasteiger partial charge in [0, 0.05) is 18.8 Å². The van der Waals surface area contributed by atoms with Crippen molar-refractivity contribution in [1.82, 2.24) is 15.3 Å². The van der Waals surface area contributed by atoms with Crippen LogP contribution in [0.2, 0.25) is 0 Å². The van der Waals surface area contributed by atoms with Crippen LogP contribution in [0.5, 0.6) is 0 Å². The van der Waals surface area contributed by atoms with Crippen molar-refractivity contribution in [3.05, 3.63) is 54.1 Å². The molecular weight excluding hydrogens is 266 g/mol. The summed E-state index contributed by atoms with van der Waals surface area (Å²) in [6.07, 6.45) is 3.61. The molecule has 0 unspecified atom stereocenters. The summed E-state index contributed by atoms with van der Waals surface area (Å²) in [4.78, 5) is 19.3. The molecule has 1 heterocycles. The van der Waals surface area contributed by atoms with Gasteiger partial charge in [0.2, 0.25) is 0 Å². The molecule has 1 atom stereocenters. The molecule has 0 radical (unpaired) electrons. The van der Waals surface area contributed by atoms with Crippen LogP contribution in [0.1, 0.15) is 38.2 Å². The first-order chi connectivity index (χ1) is 9.94. The Morgan fingerprint density at radius 1 is 1.33 bits per heavy atom. The fourth-order valence-corrected chi connectivity index (χ4v) is 1.98. The van der Waals surface area contributed by atoms with Gasteiger partial charge in [0.1, 0.15) is 11.4 Å². The Hall–Kier alpha value is -2.30. The molecule has 2 aromatic rings. The number of alkyl carbamates (subject to hydrolysis) is 1. The summed E-state index contributed by atoms with van der Waals surface area (Å²) in [6.45, 7) is 5.52. The lowest BCUT2D eigenvalue weighted by Crippen LogP contribution is -2.36. The number of carbonyl (C=O) groups excluding carboxylic acids is 1. The molecule has 1 aromatic carbocycles. The zero-order chi connectivity index (χ0) is 15.3. The number of amides is 1. The van der Waals surface area contributed by atoms with E-state index >= 15 is 0 Å². The number of rotatable bonds is 4. The third kappa shape index (κ3) is 4.95. The van der Waals surface area contributed by atoms with Gasteiger partial charge in [-0.1, -0.05) is 30.3 Å². The molecule has 0 fully saturated rings. The van der Waals surface area contributed by atoms with Crippen LogP contribution in [-0.2, 0) is 11.2 Å². The maximum atomic E-state index is 12.0. The maximum Gasteiger partial charge on any atom is 0.408 e. The summed E-state index contributed by atoms with van der Waals surface area (Å²) in [5, 5.41) is 2.87. The minimum Gasteiger partial charge on any atom is -0.444 e. The Morgan fingerprint density at radius 3 is 2.62 bits per heavy atom. The monoisotopic (exact) mass is 287 g/mol. The average molecular weight is 287 g/mol. The van der Waals surface area contributed by atoms with Gasteiger partial charge in [-0.15, -0.1) is 0 Å². The van der Waals surface area contributed by atoms with E-state index in [0.29, 0.717) is 12.2 Å². The lowest BCUT2D eigenvalue weighted by atomic mass is 10.1. The highest BCUT2D eigenvalue weighted by Gasteiger charge is 2.22. The van der Waals surface area contributed by atoms with Gasteiger partial charge in [-0.05, 0) is 26.3 Å². The zero-order valence-electron chi connectivity index (χ0n) is 12.6. The normalized spacial score (nSPS) is 12.7. The highest BCUT2D eigenvalue weighted by atomic mass is 16.6. The number of benzene rings is 1. The second-order valence-electron chi connectivity index (χ2n) is 5.86. The second kappa shape index (κ2) is 6.43. The van der Waals surface area contributed by atoms with Crippen LogP contribution < -0.4 is 5.32 Å². The van der Waals surface area contributed by atoms with Crippen LogP contribution >= 0.6 is 0 Å². The quantitative estimate of drug-likeness (QED) is 0.907. The Bertz CT molecular complexity index is 559. The topological polar surface area (TPSA) is 67.0 Å². The van der Waals surface area contributed by atoms with Gasteiger partial charge in [-0.3, -0.25) is 0 Å². The lowest BCUT2D eigenvalue weighted by molar-refractivity contribution is 0.0501.